The normalized spacial score (nSPS) is 14.1. The average Bonchev–Trinajstić information content (AvgIpc) is 3.82. The molecule has 8 bridgehead atoms. The summed E-state index contributed by atoms with van der Waals surface area (Å²) in [7, 11) is 0. The minimum absolute atomic E-state index is 0.0655. The van der Waals surface area contributed by atoms with Crippen LogP contribution in [0, 0.1) is 13.8 Å². The van der Waals surface area contributed by atoms with Crippen LogP contribution in [0.2, 0.25) is 0 Å². The van der Waals surface area contributed by atoms with Crippen molar-refractivity contribution in [3.05, 3.63) is 69.3 Å². The number of aromatic amines is 2. The molecule has 5 rings (SSSR count). The van der Waals surface area contributed by atoms with E-state index in [1.54, 1.807) is 0 Å². The quantitative estimate of drug-likeness (QED) is 0.0663. The predicted molar refractivity (Wildman–Crippen MR) is 214 cm³/mol. The van der Waals surface area contributed by atoms with E-state index in [-0.39, 0.29) is 64.3 Å². The second-order valence-corrected chi connectivity index (χ2v) is 14.0. The van der Waals surface area contributed by atoms with E-state index in [1.807, 2.05) is 59.7 Å². The molecule has 0 fully saturated rings. The lowest BCUT2D eigenvalue weighted by Gasteiger charge is -2.14. The van der Waals surface area contributed by atoms with Crippen LogP contribution in [0.1, 0.15) is 111 Å². The minimum Gasteiger partial charge on any atom is -0.481 e. The van der Waals surface area contributed by atoms with E-state index < -0.39 is 11.9 Å². The molecule has 0 radical (unpaired) electrons. The predicted octanol–water partition coefficient (Wildman–Crippen LogP) is 6.70. The Morgan fingerprint density at radius 1 is 0.589 bits per heavy atom. The first-order valence-electron chi connectivity index (χ1n) is 19.0. The third-order valence-electron chi connectivity index (χ3n) is 10.3. The standard InChI is InChI=1S/C42H54N4O10/c1-23-29(7-9-39(49)50)35-22-36-30(8-10-40(51)52)24(2)32(44-36)20-37-42(28(6)56-18-16-54-14-12-48)26(4)34(46-37)21-38-41(27(5)55-17-15-53-13-11-47)25(3)33(45-38)19-31(23)43-35/h19-22,27-28,45-48H,7-18H2,1-6H3,(H,49,50)(H,51,52). The van der Waals surface area contributed by atoms with Crippen molar-refractivity contribution in [2.75, 3.05) is 52.9 Å². The molecule has 2 atom stereocenters. The third kappa shape index (κ3) is 9.99. The Hall–Kier alpha value is -4.70. The van der Waals surface area contributed by atoms with Gasteiger partial charge in [-0.05, 0) is 112 Å². The summed E-state index contributed by atoms with van der Waals surface area (Å²) in [4.78, 5) is 40.9. The average molecular weight is 775 g/mol. The highest BCUT2D eigenvalue weighted by Crippen LogP contribution is 2.39. The van der Waals surface area contributed by atoms with Gasteiger partial charge in [0.2, 0.25) is 0 Å². The number of ether oxygens (including phenoxy) is 4. The molecule has 5 heterocycles. The van der Waals surface area contributed by atoms with Crippen LogP contribution in [0.5, 0.6) is 0 Å². The molecule has 14 nitrogen and oxygen atoms in total. The molecule has 2 aliphatic rings. The highest BCUT2D eigenvalue weighted by atomic mass is 16.5. The zero-order valence-electron chi connectivity index (χ0n) is 33.1. The summed E-state index contributed by atoms with van der Waals surface area (Å²) in [6, 6.07) is 7.83. The van der Waals surface area contributed by atoms with Gasteiger partial charge in [0, 0.05) is 46.0 Å². The SMILES string of the molecule is CC1=C(CCC(=O)O)c2cc3nc(cc4[nH]c(cc5[nH]c(cc1n2)c(C)c5C(C)OCCOCCO)c(C)c4C(C)OCCOCCO)C(C)=C3CCC(=O)O. The van der Waals surface area contributed by atoms with Crippen LogP contribution in [-0.2, 0) is 28.5 Å². The number of rotatable bonds is 20. The van der Waals surface area contributed by atoms with Gasteiger partial charge >= 0.3 is 11.9 Å². The van der Waals surface area contributed by atoms with Crippen molar-refractivity contribution in [1.82, 2.24) is 19.9 Å². The van der Waals surface area contributed by atoms with Gasteiger partial charge in [-0.1, -0.05) is 0 Å². The van der Waals surface area contributed by atoms with E-state index >= 15 is 0 Å². The fourth-order valence-electron chi connectivity index (χ4n) is 7.36. The summed E-state index contributed by atoms with van der Waals surface area (Å²) < 4.78 is 23.4. The monoisotopic (exact) mass is 774 g/mol. The fourth-order valence-corrected chi connectivity index (χ4v) is 7.36. The van der Waals surface area contributed by atoms with Crippen molar-refractivity contribution in [2.24, 2.45) is 0 Å². The number of aryl methyl sites for hydroxylation is 2. The molecule has 14 heteroatoms. The second-order valence-electron chi connectivity index (χ2n) is 14.0. The summed E-state index contributed by atoms with van der Waals surface area (Å²) in [5.74, 6) is -1.84. The number of aromatic nitrogens is 4. The maximum atomic E-state index is 11.8. The van der Waals surface area contributed by atoms with Gasteiger partial charge in [0.1, 0.15) is 0 Å². The Morgan fingerprint density at radius 2 is 1.00 bits per heavy atom. The Labute approximate surface area is 326 Å². The van der Waals surface area contributed by atoms with Gasteiger partial charge in [-0.2, -0.15) is 0 Å². The molecular formula is C42H54N4O10. The molecule has 0 aliphatic carbocycles. The first-order valence-corrected chi connectivity index (χ1v) is 19.0. The Morgan fingerprint density at radius 3 is 1.43 bits per heavy atom. The van der Waals surface area contributed by atoms with E-state index in [1.165, 1.54) is 0 Å². The number of carboxylic acids is 2. The molecule has 0 spiro atoms. The number of aliphatic hydroxyl groups is 2. The van der Waals surface area contributed by atoms with E-state index in [0.29, 0.717) is 49.2 Å². The lowest BCUT2D eigenvalue weighted by atomic mass is 9.98. The number of hydrogen-bond donors (Lipinski definition) is 6. The number of H-pyrrole nitrogens is 2. The zero-order valence-corrected chi connectivity index (χ0v) is 33.1. The van der Waals surface area contributed by atoms with Gasteiger partial charge in [0.15, 0.2) is 0 Å². The molecule has 0 saturated carbocycles. The molecule has 6 N–H and O–H groups in total. The fraction of sp³-hybridized carbons (Fsp3) is 0.476. The molecule has 3 aromatic rings. The first-order chi connectivity index (χ1) is 26.8. The number of aliphatic carboxylic acids is 2. The van der Waals surface area contributed by atoms with Crippen LogP contribution in [0.3, 0.4) is 0 Å². The number of hydrogen-bond acceptors (Lipinski definition) is 10. The highest BCUT2D eigenvalue weighted by molar-refractivity contribution is 5.96. The largest absolute Gasteiger partial charge is 0.481 e. The van der Waals surface area contributed by atoms with Crippen LogP contribution >= 0.6 is 0 Å². The van der Waals surface area contributed by atoms with Crippen molar-refractivity contribution in [3.8, 4) is 0 Å². The molecule has 2 aliphatic heterocycles. The zero-order chi connectivity index (χ0) is 40.5. The number of carbonyl (C=O) groups is 2. The molecule has 302 valence electrons. The van der Waals surface area contributed by atoms with Gasteiger partial charge in [0.05, 0.1) is 87.8 Å². The Balaban J connectivity index is 1.81. The lowest BCUT2D eigenvalue weighted by Crippen LogP contribution is -2.10. The number of fused-ring (bicyclic) bond motifs is 8. The molecule has 3 aromatic heterocycles. The van der Waals surface area contributed by atoms with Crippen LogP contribution in [0.15, 0.2) is 24.3 Å². The van der Waals surface area contributed by atoms with E-state index in [4.69, 9.17) is 39.1 Å². The smallest absolute Gasteiger partial charge is 0.303 e. The molecular weight excluding hydrogens is 720 g/mol. The van der Waals surface area contributed by atoms with E-state index in [0.717, 1.165) is 66.6 Å². The van der Waals surface area contributed by atoms with Crippen LogP contribution < -0.4 is 0 Å². The number of nitrogens with one attached hydrogen (secondary N) is 2. The maximum absolute atomic E-state index is 11.8. The number of aliphatic hydroxyl groups excluding tert-OH is 2. The summed E-state index contributed by atoms with van der Waals surface area (Å²) in [5, 5.41) is 37.5. The van der Waals surface area contributed by atoms with Crippen LogP contribution in [-0.4, -0.2) is 105 Å². The second kappa shape index (κ2) is 19.4. The number of allylic oxidation sites excluding steroid dienone is 4. The van der Waals surface area contributed by atoms with Gasteiger partial charge in [-0.25, -0.2) is 9.97 Å². The Kier molecular flexibility index (Phi) is 14.7. The molecule has 2 unspecified atom stereocenters. The highest BCUT2D eigenvalue weighted by Gasteiger charge is 2.24. The topological polar surface area (TPSA) is 209 Å². The molecule has 0 saturated heterocycles. The molecule has 0 amide bonds. The van der Waals surface area contributed by atoms with Crippen molar-refractivity contribution in [3.63, 3.8) is 0 Å². The van der Waals surface area contributed by atoms with Crippen molar-refractivity contribution in [2.45, 2.75) is 79.4 Å². The number of nitrogens with zero attached hydrogens (tertiary/aromatic N) is 2. The summed E-state index contributed by atoms with van der Waals surface area (Å²) in [6.07, 6.45) is -0.380. The minimum atomic E-state index is -0.923. The van der Waals surface area contributed by atoms with Crippen molar-refractivity contribution in [1.29, 1.82) is 0 Å². The Bertz CT molecular complexity index is 2150. The first kappa shape index (κ1) is 42.4. The lowest BCUT2D eigenvalue weighted by molar-refractivity contribution is -0.137. The third-order valence-corrected chi connectivity index (χ3v) is 10.3. The summed E-state index contributed by atoms with van der Waals surface area (Å²) in [5.41, 5.74) is 12.8. The summed E-state index contributed by atoms with van der Waals surface area (Å²) in [6.45, 7) is 13.5. The van der Waals surface area contributed by atoms with E-state index in [9.17, 15) is 19.8 Å². The van der Waals surface area contributed by atoms with Gasteiger partial charge in [-0.3, -0.25) is 9.59 Å². The van der Waals surface area contributed by atoms with Gasteiger partial charge in [0.25, 0.3) is 0 Å². The van der Waals surface area contributed by atoms with Gasteiger partial charge < -0.3 is 49.3 Å². The maximum Gasteiger partial charge on any atom is 0.303 e. The van der Waals surface area contributed by atoms with Gasteiger partial charge in [-0.15, -0.1) is 0 Å². The molecule has 0 aromatic carbocycles. The van der Waals surface area contributed by atoms with Crippen molar-refractivity contribution < 1.29 is 49.0 Å². The van der Waals surface area contributed by atoms with Crippen LogP contribution in [0.4, 0.5) is 0 Å². The van der Waals surface area contributed by atoms with Crippen LogP contribution in [0.25, 0.3) is 44.4 Å². The molecule has 56 heavy (non-hydrogen) atoms. The number of carboxylic acid groups (broad SMARTS) is 2. The summed E-state index contributed by atoms with van der Waals surface area (Å²) >= 11 is 0. The van der Waals surface area contributed by atoms with Crippen molar-refractivity contribution >= 4 is 56.3 Å². The van der Waals surface area contributed by atoms with E-state index in [2.05, 4.69) is 16.0 Å².